The molecule has 0 atom stereocenters. The highest BCUT2D eigenvalue weighted by atomic mass is 16.6. The van der Waals surface area contributed by atoms with Gasteiger partial charge in [-0.3, -0.25) is 9.59 Å². The Kier molecular flexibility index (Phi) is 30.7. The molecular weight excluding hydrogens is 504 g/mol. The van der Waals surface area contributed by atoms with Crippen LogP contribution in [-0.2, 0) is 57.0 Å². The molecule has 0 fully saturated rings. The molecule has 0 saturated heterocycles. The summed E-state index contributed by atoms with van der Waals surface area (Å²) in [4.78, 5) is 22.3. The Morgan fingerprint density at radius 1 is 0.342 bits per heavy atom. The molecule has 12 nitrogen and oxygen atoms in total. The van der Waals surface area contributed by atoms with Crippen LogP contribution in [0.25, 0.3) is 0 Å². The van der Waals surface area contributed by atoms with Crippen molar-refractivity contribution in [1.29, 1.82) is 0 Å². The Balaban J connectivity index is 3.07. The molecule has 0 amide bonds. The minimum Gasteiger partial charge on any atom is -0.463 e. The third kappa shape index (κ3) is 30.8. The van der Waals surface area contributed by atoms with Crippen molar-refractivity contribution in [3.8, 4) is 0 Å². The first-order chi connectivity index (χ1) is 18.7. The first-order valence-electron chi connectivity index (χ1n) is 13.6. The molecule has 0 aromatic carbocycles. The monoisotopic (exact) mass is 554 g/mol. The highest BCUT2D eigenvalue weighted by Crippen LogP contribution is 1.92. The van der Waals surface area contributed by atoms with Crippen LogP contribution in [-0.4, -0.2) is 131 Å². The molecule has 0 N–H and O–H groups in total. The summed E-state index contributed by atoms with van der Waals surface area (Å²) in [6.45, 7) is 11.9. The zero-order chi connectivity index (χ0) is 27.8. The van der Waals surface area contributed by atoms with Gasteiger partial charge < -0.3 is 47.4 Å². The average Bonchev–Trinajstić information content (AvgIpc) is 2.90. The van der Waals surface area contributed by atoms with Crippen LogP contribution < -0.4 is 0 Å². The van der Waals surface area contributed by atoms with Crippen molar-refractivity contribution in [2.75, 3.05) is 119 Å². The maximum atomic E-state index is 11.2. The summed E-state index contributed by atoms with van der Waals surface area (Å²) in [5.41, 5.74) is 0. The maximum absolute atomic E-state index is 11.2. The van der Waals surface area contributed by atoms with Gasteiger partial charge in [-0.15, -0.1) is 0 Å². The first kappa shape index (κ1) is 36.6. The van der Waals surface area contributed by atoms with Crippen LogP contribution in [0.3, 0.4) is 0 Å². The second kappa shape index (κ2) is 31.8. The van der Waals surface area contributed by atoms with Gasteiger partial charge in [0.25, 0.3) is 0 Å². The predicted octanol–water partition coefficient (Wildman–Crippen LogP) is 1.81. The number of rotatable bonds is 31. The number of ether oxygens (including phenoxy) is 10. The average molecular weight is 555 g/mol. The molecule has 38 heavy (non-hydrogen) atoms. The van der Waals surface area contributed by atoms with Gasteiger partial charge in [0.1, 0.15) is 13.2 Å². The summed E-state index contributed by atoms with van der Waals surface area (Å²) in [6, 6.07) is 0. The normalized spacial score (nSPS) is 11.1. The third-order valence-electron chi connectivity index (χ3n) is 4.49. The van der Waals surface area contributed by atoms with Gasteiger partial charge >= 0.3 is 11.9 Å². The molecule has 0 saturated carbocycles. The molecule has 0 rings (SSSR count). The van der Waals surface area contributed by atoms with E-state index < -0.39 is 0 Å². The molecule has 0 aromatic heterocycles. The van der Waals surface area contributed by atoms with E-state index in [1.807, 2.05) is 13.8 Å². The predicted molar refractivity (Wildman–Crippen MR) is 138 cm³/mol. The molecule has 226 valence electrons. The molecule has 0 aliphatic rings. The van der Waals surface area contributed by atoms with E-state index in [1.54, 1.807) is 0 Å². The molecule has 0 aliphatic carbocycles. The Morgan fingerprint density at radius 2 is 0.526 bits per heavy atom. The van der Waals surface area contributed by atoms with Crippen LogP contribution in [0.5, 0.6) is 0 Å². The van der Waals surface area contributed by atoms with Crippen molar-refractivity contribution in [2.45, 2.75) is 39.5 Å². The van der Waals surface area contributed by atoms with Crippen LogP contribution >= 0.6 is 0 Å². The topological polar surface area (TPSA) is 126 Å². The van der Waals surface area contributed by atoms with Gasteiger partial charge in [0.15, 0.2) is 0 Å². The van der Waals surface area contributed by atoms with E-state index in [1.165, 1.54) is 0 Å². The Hall–Kier alpha value is -1.38. The molecule has 0 heterocycles. The number of carbonyl (C=O) groups is 2. The summed E-state index contributed by atoms with van der Waals surface area (Å²) in [5.74, 6) is -0.380. The van der Waals surface area contributed by atoms with Crippen molar-refractivity contribution in [1.82, 2.24) is 0 Å². The van der Waals surface area contributed by atoms with Crippen LogP contribution in [0.2, 0.25) is 0 Å². The van der Waals surface area contributed by atoms with Crippen molar-refractivity contribution in [2.24, 2.45) is 0 Å². The lowest BCUT2D eigenvalue weighted by Crippen LogP contribution is -2.15. The fraction of sp³-hybridized carbons (Fsp3) is 0.923. The van der Waals surface area contributed by atoms with Gasteiger partial charge in [-0.1, -0.05) is 13.8 Å². The molecule has 0 spiro atoms. The third-order valence-corrected chi connectivity index (χ3v) is 4.49. The molecule has 0 bridgehead atoms. The number of hydrogen-bond acceptors (Lipinski definition) is 12. The second-order valence-electron chi connectivity index (χ2n) is 7.84. The van der Waals surface area contributed by atoms with E-state index in [0.29, 0.717) is 119 Å². The van der Waals surface area contributed by atoms with Gasteiger partial charge in [0, 0.05) is 12.8 Å². The standard InChI is InChI=1S/C26H50O12/c1-3-5-25(27)37-23-21-35-19-17-33-15-13-31-11-9-29-7-8-30-10-12-32-14-16-34-18-20-36-22-24-38-26(28)6-4-2/h3-24H2,1-2H3. The lowest BCUT2D eigenvalue weighted by molar-refractivity contribution is -0.146. The van der Waals surface area contributed by atoms with Crippen LogP contribution in [0, 0.1) is 0 Å². The van der Waals surface area contributed by atoms with Crippen molar-refractivity contribution in [3.63, 3.8) is 0 Å². The number of esters is 2. The molecule has 0 unspecified atom stereocenters. The lowest BCUT2D eigenvalue weighted by atomic mass is 10.3. The van der Waals surface area contributed by atoms with Gasteiger partial charge in [-0.25, -0.2) is 0 Å². The van der Waals surface area contributed by atoms with E-state index >= 15 is 0 Å². The summed E-state index contributed by atoms with van der Waals surface area (Å²) >= 11 is 0. The largest absolute Gasteiger partial charge is 0.463 e. The van der Waals surface area contributed by atoms with E-state index in [9.17, 15) is 9.59 Å². The fourth-order valence-electron chi connectivity index (χ4n) is 2.62. The number of hydrogen-bond donors (Lipinski definition) is 0. The van der Waals surface area contributed by atoms with Crippen molar-refractivity contribution < 1.29 is 57.0 Å². The molecule has 0 aromatic rings. The van der Waals surface area contributed by atoms with E-state index in [4.69, 9.17) is 47.4 Å². The van der Waals surface area contributed by atoms with Gasteiger partial charge in [0.05, 0.1) is 106 Å². The van der Waals surface area contributed by atoms with Crippen molar-refractivity contribution in [3.05, 3.63) is 0 Å². The highest BCUT2D eigenvalue weighted by Gasteiger charge is 2.01. The maximum Gasteiger partial charge on any atom is 0.305 e. The van der Waals surface area contributed by atoms with Crippen LogP contribution in [0.15, 0.2) is 0 Å². The summed E-state index contributed by atoms with van der Waals surface area (Å²) in [6.07, 6.45) is 2.45. The molecule has 0 aliphatic heterocycles. The zero-order valence-corrected chi connectivity index (χ0v) is 23.5. The lowest BCUT2D eigenvalue weighted by Gasteiger charge is -2.09. The number of carbonyl (C=O) groups excluding carboxylic acids is 2. The Labute approximate surface area is 227 Å². The van der Waals surface area contributed by atoms with Gasteiger partial charge in [-0.2, -0.15) is 0 Å². The SMILES string of the molecule is CCCC(=O)OCCOCCOCCOCCOCCOCCOCCOCCOCCOC(=O)CCC. The quantitative estimate of drug-likeness (QED) is 0.0916. The first-order valence-corrected chi connectivity index (χ1v) is 13.6. The van der Waals surface area contributed by atoms with Gasteiger partial charge in [0.2, 0.25) is 0 Å². The Bertz CT molecular complexity index is 463. The Morgan fingerprint density at radius 3 is 0.711 bits per heavy atom. The smallest absolute Gasteiger partial charge is 0.305 e. The summed E-state index contributed by atoms with van der Waals surface area (Å²) in [7, 11) is 0. The van der Waals surface area contributed by atoms with Crippen molar-refractivity contribution >= 4 is 11.9 Å². The second-order valence-corrected chi connectivity index (χ2v) is 7.84. The summed E-state index contributed by atoms with van der Waals surface area (Å²) < 4.78 is 53.1. The summed E-state index contributed by atoms with van der Waals surface area (Å²) in [5, 5.41) is 0. The van der Waals surface area contributed by atoms with Crippen LogP contribution in [0.1, 0.15) is 39.5 Å². The molecular formula is C26H50O12. The molecule has 12 heteroatoms. The zero-order valence-electron chi connectivity index (χ0n) is 23.5. The minimum atomic E-state index is -0.190. The minimum absolute atomic E-state index is 0.190. The van der Waals surface area contributed by atoms with Crippen LogP contribution in [0.4, 0.5) is 0 Å². The highest BCUT2D eigenvalue weighted by molar-refractivity contribution is 5.69. The van der Waals surface area contributed by atoms with E-state index in [2.05, 4.69) is 0 Å². The molecule has 0 radical (unpaired) electrons. The van der Waals surface area contributed by atoms with Gasteiger partial charge in [-0.05, 0) is 12.8 Å². The van der Waals surface area contributed by atoms with E-state index in [0.717, 1.165) is 12.8 Å². The van der Waals surface area contributed by atoms with E-state index in [-0.39, 0.29) is 25.2 Å². The fourth-order valence-corrected chi connectivity index (χ4v) is 2.62.